The normalized spacial score (nSPS) is 15.5. The standard InChI is InChI=1S/C18H11F3N.C11H10N2.Ir/c19-18(20,21)15-10-8-14(9-11-15)17-16(7-4-12-22-17)13-5-2-1-3-6-13;1-2-4-10-9(3-1)5-7-13-8-6-12-11(10)13;/h1-8,10-12H;1-3,6,8,11H,5,7H2;/q-1;-2;+3. The average molecular weight is 661 g/mol. The van der Waals surface area contributed by atoms with Crippen LogP contribution in [0, 0.1) is 12.1 Å². The van der Waals surface area contributed by atoms with Gasteiger partial charge in [0.1, 0.15) is 0 Å². The van der Waals surface area contributed by atoms with Gasteiger partial charge >= 0.3 is 26.3 Å². The third kappa shape index (κ3) is 5.53. The molecule has 3 aromatic carbocycles. The zero-order valence-electron chi connectivity index (χ0n) is 19.0. The maximum Gasteiger partial charge on any atom is 3.00 e. The molecule has 3 heterocycles. The van der Waals surface area contributed by atoms with Crippen LogP contribution in [-0.4, -0.2) is 16.4 Å². The van der Waals surface area contributed by atoms with Gasteiger partial charge < -0.3 is 15.2 Å². The van der Waals surface area contributed by atoms with Gasteiger partial charge in [-0.3, -0.25) is 0 Å². The Kier molecular flexibility index (Phi) is 7.92. The van der Waals surface area contributed by atoms with Crippen molar-refractivity contribution in [3.8, 4) is 22.4 Å². The Morgan fingerprint density at radius 1 is 0.944 bits per heavy atom. The van der Waals surface area contributed by atoms with Crippen LogP contribution in [0.4, 0.5) is 13.2 Å². The van der Waals surface area contributed by atoms with Crippen molar-refractivity contribution >= 4 is 0 Å². The molecule has 1 atom stereocenters. The van der Waals surface area contributed by atoms with E-state index in [1.165, 1.54) is 17.2 Å². The van der Waals surface area contributed by atoms with Gasteiger partial charge in [-0.05, 0) is 40.8 Å². The Labute approximate surface area is 222 Å². The molecular formula is C29H21F3IrN3. The van der Waals surface area contributed by atoms with Gasteiger partial charge in [0.05, 0.1) is 0 Å². The predicted molar refractivity (Wildman–Crippen MR) is 130 cm³/mol. The van der Waals surface area contributed by atoms with Crippen molar-refractivity contribution in [1.29, 1.82) is 0 Å². The van der Waals surface area contributed by atoms with Crippen LogP contribution in [0.3, 0.4) is 0 Å². The van der Waals surface area contributed by atoms with Crippen molar-refractivity contribution in [2.75, 3.05) is 6.54 Å². The Bertz CT molecular complexity index is 1320. The molecule has 6 rings (SSSR count). The molecule has 4 aromatic rings. The zero-order chi connectivity index (χ0) is 24.3. The van der Waals surface area contributed by atoms with Gasteiger partial charge in [-0.15, -0.1) is 29.8 Å². The van der Waals surface area contributed by atoms with Crippen LogP contribution >= 0.6 is 0 Å². The molecule has 2 aliphatic heterocycles. The van der Waals surface area contributed by atoms with Crippen molar-refractivity contribution in [2.45, 2.75) is 18.8 Å². The molecule has 36 heavy (non-hydrogen) atoms. The molecule has 0 saturated carbocycles. The Balaban J connectivity index is 0.000000185. The van der Waals surface area contributed by atoms with E-state index in [4.69, 9.17) is 0 Å². The first kappa shape index (κ1) is 25.7. The van der Waals surface area contributed by atoms with E-state index in [0.717, 1.165) is 36.2 Å². The van der Waals surface area contributed by atoms with Crippen LogP contribution in [0.25, 0.3) is 27.7 Å². The molecule has 7 heteroatoms. The molecule has 2 aliphatic rings. The topological polar surface area (TPSA) is 30.2 Å². The molecule has 1 unspecified atom stereocenters. The quantitative estimate of drug-likeness (QED) is 0.210. The summed E-state index contributed by atoms with van der Waals surface area (Å²) in [6, 6.07) is 28.9. The molecule has 0 spiro atoms. The number of benzene rings is 3. The minimum absolute atomic E-state index is 0. The Morgan fingerprint density at radius 2 is 1.78 bits per heavy atom. The summed E-state index contributed by atoms with van der Waals surface area (Å²) in [5.41, 5.74) is 4.90. The second-order valence-corrected chi connectivity index (χ2v) is 8.17. The van der Waals surface area contributed by atoms with Crippen molar-refractivity contribution in [1.82, 2.24) is 9.88 Å². The van der Waals surface area contributed by atoms with Crippen LogP contribution in [0.1, 0.15) is 22.9 Å². The summed E-state index contributed by atoms with van der Waals surface area (Å²) in [5, 5.41) is 4.41. The van der Waals surface area contributed by atoms with Crippen molar-refractivity contribution < 1.29 is 33.3 Å². The van der Waals surface area contributed by atoms with E-state index in [1.807, 2.05) is 48.7 Å². The Morgan fingerprint density at radius 3 is 2.53 bits per heavy atom. The minimum atomic E-state index is -4.36. The van der Waals surface area contributed by atoms with Gasteiger partial charge in [-0.25, -0.2) is 0 Å². The maximum atomic E-state index is 12.6. The van der Waals surface area contributed by atoms with E-state index in [2.05, 4.69) is 45.7 Å². The minimum Gasteiger partial charge on any atom is -0.668 e. The molecule has 0 amide bonds. The molecule has 3 nitrogen and oxygen atoms in total. The third-order valence-electron chi connectivity index (χ3n) is 5.96. The SMILES string of the molecule is FC(F)(F)c1c[c-]c(-c2ncccc2-c2ccccc2)cc1.[Ir+3].[c-]1cccc2c1C1[N-]C=CN1CC2. The number of fused-ring (bicyclic) bond motifs is 3. The Hall–Kier alpha value is -3.41. The number of aromatic nitrogens is 1. The second kappa shape index (κ2) is 11.1. The summed E-state index contributed by atoms with van der Waals surface area (Å²) in [6.45, 7) is 1.08. The summed E-state index contributed by atoms with van der Waals surface area (Å²) in [7, 11) is 0. The summed E-state index contributed by atoms with van der Waals surface area (Å²) >= 11 is 0. The van der Waals surface area contributed by atoms with E-state index in [-0.39, 0.29) is 26.3 Å². The number of alkyl halides is 3. The van der Waals surface area contributed by atoms with E-state index in [0.29, 0.717) is 11.3 Å². The third-order valence-corrected chi connectivity index (χ3v) is 5.96. The van der Waals surface area contributed by atoms with Crippen LogP contribution in [-0.2, 0) is 32.7 Å². The van der Waals surface area contributed by atoms with E-state index in [1.54, 1.807) is 12.3 Å². The van der Waals surface area contributed by atoms with Gasteiger partial charge in [0, 0.05) is 12.7 Å². The molecule has 1 aromatic heterocycles. The second-order valence-electron chi connectivity index (χ2n) is 8.17. The summed E-state index contributed by atoms with van der Waals surface area (Å²) in [4.78, 5) is 6.57. The number of hydrogen-bond donors (Lipinski definition) is 0. The molecule has 0 N–H and O–H groups in total. The van der Waals surface area contributed by atoms with Crippen molar-refractivity contribution in [2.24, 2.45) is 0 Å². The molecule has 0 fully saturated rings. The van der Waals surface area contributed by atoms with Gasteiger partial charge in [0.2, 0.25) is 0 Å². The molecule has 0 bridgehead atoms. The van der Waals surface area contributed by atoms with Crippen LogP contribution in [0.2, 0.25) is 0 Å². The number of nitrogens with zero attached hydrogens (tertiary/aromatic N) is 3. The van der Waals surface area contributed by atoms with Crippen LogP contribution in [0.5, 0.6) is 0 Å². The fraction of sp³-hybridized carbons (Fsp3) is 0.138. The summed E-state index contributed by atoms with van der Waals surface area (Å²) in [6.07, 6.45) is 2.54. The van der Waals surface area contributed by atoms with E-state index >= 15 is 0 Å². The summed E-state index contributed by atoms with van der Waals surface area (Å²) in [5.74, 6) is 0. The smallest absolute Gasteiger partial charge is 0.668 e. The van der Waals surface area contributed by atoms with Crippen molar-refractivity contribution in [3.05, 3.63) is 132 Å². The monoisotopic (exact) mass is 661 g/mol. The summed E-state index contributed by atoms with van der Waals surface area (Å²) < 4.78 is 37.9. The maximum absolute atomic E-state index is 12.6. The van der Waals surface area contributed by atoms with Crippen molar-refractivity contribution in [3.63, 3.8) is 0 Å². The first-order valence-corrected chi connectivity index (χ1v) is 11.2. The average Bonchev–Trinajstić information content (AvgIpc) is 3.39. The van der Waals surface area contributed by atoms with Gasteiger partial charge in [-0.2, -0.15) is 54.8 Å². The van der Waals surface area contributed by atoms with Gasteiger partial charge in [-0.1, -0.05) is 42.8 Å². The number of hydrogen-bond acceptors (Lipinski definition) is 2. The van der Waals surface area contributed by atoms with Crippen LogP contribution < -0.4 is 0 Å². The fourth-order valence-corrected chi connectivity index (χ4v) is 4.22. The van der Waals surface area contributed by atoms with E-state index < -0.39 is 11.7 Å². The van der Waals surface area contributed by atoms with Crippen LogP contribution in [0.15, 0.2) is 97.5 Å². The molecular weight excluding hydrogens is 640 g/mol. The molecule has 0 aliphatic carbocycles. The first-order valence-electron chi connectivity index (χ1n) is 11.2. The van der Waals surface area contributed by atoms with E-state index in [9.17, 15) is 13.2 Å². The first-order chi connectivity index (χ1) is 17.0. The molecule has 0 saturated heterocycles. The largest absolute Gasteiger partial charge is 3.00 e. The molecule has 0 radical (unpaired) electrons. The molecule has 182 valence electrons. The van der Waals surface area contributed by atoms with Gasteiger partial charge in [0.15, 0.2) is 0 Å². The van der Waals surface area contributed by atoms with Gasteiger partial charge in [0.25, 0.3) is 0 Å². The predicted octanol–water partition coefficient (Wildman–Crippen LogP) is 7.43. The number of halogens is 3. The number of pyridine rings is 1. The zero-order valence-corrected chi connectivity index (χ0v) is 21.4. The fourth-order valence-electron chi connectivity index (χ4n) is 4.22. The number of rotatable bonds is 2.